The summed E-state index contributed by atoms with van der Waals surface area (Å²) in [6.07, 6.45) is 0. The normalized spacial score (nSPS) is 13.3. The maximum absolute atomic E-state index is 2.42. The Morgan fingerprint density at radius 2 is 0.836 bits per heavy atom. The first-order valence-corrected chi connectivity index (χ1v) is 23.9. The summed E-state index contributed by atoms with van der Waals surface area (Å²) in [7, 11) is 0. The van der Waals surface area contributed by atoms with Gasteiger partial charge in [0.05, 0.1) is 22.7 Å². The van der Waals surface area contributed by atoms with Crippen molar-refractivity contribution in [3.05, 3.63) is 248 Å². The lowest BCUT2D eigenvalue weighted by Crippen LogP contribution is -2.24. The van der Waals surface area contributed by atoms with Gasteiger partial charge in [-0.3, -0.25) is 0 Å². The van der Waals surface area contributed by atoms with Gasteiger partial charge in [0.15, 0.2) is 0 Å². The van der Waals surface area contributed by atoms with Gasteiger partial charge >= 0.3 is 0 Å². The monoisotopic (exact) mass is 875 g/mol. The first kappa shape index (κ1) is 39.2. The molecule has 4 heteroatoms. The van der Waals surface area contributed by atoms with E-state index in [2.05, 4.69) is 265 Å². The van der Waals surface area contributed by atoms with E-state index in [1.807, 2.05) is 11.3 Å². The van der Waals surface area contributed by atoms with Crippen LogP contribution in [0.25, 0.3) is 53.6 Å². The van der Waals surface area contributed by atoms with Gasteiger partial charge in [-0.1, -0.05) is 147 Å². The van der Waals surface area contributed by atoms with Crippen LogP contribution in [0, 0.1) is 0 Å². The minimum Gasteiger partial charge on any atom is -0.310 e. The highest BCUT2D eigenvalue weighted by molar-refractivity contribution is 7.25. The molecule has 1 aromatic heterocycles. The highest BCUT2D eigenvalue weighted by atomic mass is 32.1. The van der Waals surface area contributed by atoms with Gasteiger partial charge in [-0.2, -0.15) is 0 Å². The summed E-state index contributed by atoms with van der Waals surface area (Å²) in [6.45, 7) is 4.72. The van der Waals surface area contributed by atoms with Crippen molar-refractivity contribution in [2.45, 2.75) is 19.3 Å². The van der Waals surface area contributed by atoms with Gasteiger partial charge in [-0.15, -0.1) is 11.3 Å². The van der Waals surface area contributed by atoms with Crippen LogP contribution >= 0.6 is 11.3 Å². The van der Waals surface area contributed by atoms with E-state index in [4.69, 9.17) is 0 Å². The molecule has 0 atom stereocenters. The van der Waals surface area contributed by atoms with E-state index in [-0.39, 0.29) is 5.41 Å². The number of rotatable bonds is 7. The molecule has 0 bridgehead atoms. The standard InChI is InChI=1S/C63H45N3S/c1-63(2)55-21-11-9-19-51(55)52-36-35-50(41-56(52)63)64(48-31-25-42(26-32-48)44-30-38-62-54(39-44)53-20-10-14-24-61(53)67-62)49-33-27-43(28-34-49)45-29-37-59-60(40-45)66(47-17-7-4-8-18-47)58-23-13-12-22-57(58)65(59)46-15-5-3-6-16-46/h3-41H,1-2H3. The predicted molar refractivity (Wildman–Crippen MR) is 285 cm³/mol. The Labute approximate surface area is 395 Å². The molecule has 0 saturated carbocycles. The fraction of sp³-hybridized carbons (Fsp3) is 0.0476. The van der Waals surface area contributed by atoms with Gasteiger partial charge in [0.2, 0.25) is 0 Å². The molecule has 3 nitrogen and oxygen atoms in total. The third-order valence-electron chi connectivity index (χ3n) is 14.0. The topological polar surface area (TPSA) is 9.72 Å². The summed E-state index contributed by atoms with van der Waals surface area (Å²) in [6, 6.07) is 86.9. The van der Waals surface area contributed by atoms with Crippen LogP contribution in [0.3, 0.4) is 0 Å². The number of para-hydroxylation sites is 4. The summed E-state index contributed by atoms with van der Waals surface area (Å²) in [4.78, 5) is 7.21. The van der Waals surface area contributed by atoms with E-state index < -0.39 is 0 Å². The number of anilines is 9. The molecule has 13 rings (SSSR count). The van der Waals surface area contributed by atoms with E-state index >= 15 is 0 Å². The van der Waals surface area contributed by atoms with Gasteiger partial charge in [0.25, 0.3) is 0 Å². The molecule has 318 valence electrons. The molecule has 0 N–H and O–H groups in total. The van der Waals surface area contributed by atoms with Gasteiger partial charge in [-0.05, 0) is 148 Å². The summed E-state index contributed by atoms with van der Waals surface area (Å²) in [5.74, 6) is 0. The third kappa shape index (κ3) is 6.40. The van der Waals surface area contributed by atoms with Gasteiger partial charge in [-0.25, -0.2) is 0 Å². The molecule has 0 saturated heterocycles. The Kier molecular flexibility index (Phi) is 9.06. The second-order valence-corrected chi connectivity index (χ2v) is 19.3. The molecule has 67 heavy (non-hydrogen) atoms. The average molecular weight is 876 g/mol. The maximum Gasteiger partial charge on any atom is 0.0709 e. The first-order chi connectivity index (χ1) is 33.0. The fourth-order valence-corrected chi connectivity index (χ4v) is 11.8. The Hall–Kier alpha value is -8.18. The zero-order valence-corrected chi connectivity index (χ0v) is 38.1. The lowest BCUT2D eigenvalue weighted by molar-refractivity contribution is 0.660. The van der Waals surface area contributed by atoms with E-state index in [0.717, 1.165) is 62.3 Å². The van der Waals surface area contributed by atoms with Gasteiger partial charge in [0, 0.05) is 54.0 Å². The van der Waals surface area contributed by atoms with Crippen LogP contribution in [-0.2, 0) is 5.41 Å². The van der Waals surface area contributed by atoms with Crippen molar-refractivity contribution in [2.75, 3.05) is 14.7 Å². The van der Waals surface area contributed by atoms with Crippen LogP contribution in [0.1, 0.15) is 25.0 Å². The second-order valence-electron chi connectivity index (χ2n) is 18.2. The minimum absolute atomic E-state index is 0.123. The van der Waals surface area contributed by atoms with Crippen LogP contribution in [0.4, 0.5) is 51.2 Å². The number of nitrogens with zero attached hydrogens (tertiary/aromatic N) is 3. The Balaban J connectivity index is 0.911. The van der Waals surface area contributed by atoms with E-state index in [0.29, 0.717) is 0 Å². The lowest BCUT2D eigenvalue weighted by atomic mass is 9.82. The second kappa shape index (κ2) is 15.5. The van der Waals surface area contributed by atoms with Crippen molar-refractivity contribution in [3.63, 3.8) is 0 Å². The first-order valence-electron chi connectivity index (χ1n) is 23.1. The SMILES string of the molecule is CC1(C)c2ccccc2-c2ccc(N(c3ccc(-c4ccc5c(c4)N(c4ccccc4)c4ccccc4N5c4ccccc4)cc3)c3ccc(-c4ccc5sc6ccccc6c5c4)cc3)cc21. The molecule has 0 fully saturated rings. The van der Waals surface area contributed by atoms with Gasteiger partial charge < -0.3 is 14.7 Å². The quantitative estimate of drug-likeness (QED) is 0.158. The molecule has 0 unspecified atom stereocenters. The Bertz CT molecular complexity index is 3670. The Morgan fingerprint density at radius 1 is 0.343 bits per heavy atom. The number of thiophene rings is 1. The van der Waals surface area contributed by atoms with Crippen LogP contribution in [-0.4, -0.2) is 0 Å². The minimum atomic E-state index is -0.123. The Morgan fingerprint density at radius 3 is 1.52 bits per heavy atom. The molecule has 0 spiro atoms. The highest BCUT2D eigenvalue weighted by Crippen LogP contribution is 2.55. The zero-order chi connectivity index (χ0) is 44.6. The number of hydrogen-bond donors (Lipinski definition) is 0. The predicted octanol–water partition coefficient (Wildman–Crippen LogP) is 18.4. The molecule has 11 aromatic rings. The van der Waals surface area contributed by atoms with Crippen molar-refractivity contribution in [1.29, 1.82) is 0 Å². The molecule has 2 heterocycles. The average Bonchev–Trinajstić information content (AvgIpc) is 3.87. The summed E-state index contributed by atoms with van der Waals surface area (Å²) in [5, 5.41) is 2.64. The van der Waals surface area contributed by atoms with Crippen LogP contribution < -0.4 is 14.7 Å². The number of hydrogen-bond acceptors (Lipinski definition) is 4. The van der Waals surface area contributed by atoms with Crippen molar-refractivity contribution in [3.8, 4) is 33.4 Å². The highest BCUT2D eigenvalue weighted by Gasteiger charge is 2.36. The molecular weight excluding hydrogens is 831 g/mol. The van der Waals surface area contributed by atoms with Crippen molar-refractivity contribution < 1.29 is 0 Å². The molecule has 0 amide bonds. The largest absolute Gasteiger partial charge is 0.310 e. The maximum atomic E-state index is 2.42. The smallest absolute Gasteiger partial charge is 0.0709 e. The fourth-order valence-electron chi connectivity index (χ4n) is 10.7. The lowest BCUT2D eigenvalue weighted by Gasteiger charge is -2.40. The van der Waals surface area contributed by atoms with Crippen molar-refractivity contribution in [2.24, 2.45) is 0 Å². The molecule has 1 aliphatic heterocycles. The van der Waals surface area contributed by atoms with Crippen LogP contribution in [0.2, 0.25) is 0 Å². The molecule has 0 radical (unpaired) electrons. The summed E-state index contributed by atoms with van der Waals surface area (Å²) >= 11 is 1.86. The molecule has 2 aliphatic rings. The van der Waals surface area contributed by atoms with E-state index in [1.54, 1.807) is 0 Å². The molecular formula is C63H45N3S. The van der Waals surface area contributed by atoms with E-state index in [9.17, 15) is 0 Å². The molecule has 1 aliphatic carbocycles. The van der Waals surface area contributed by atoms with Crippen molar-refractivity contribution in [1.82, 2.24) is 0 Å². The zero-order valence-electron chi connectivity index (χ0n) is 37.3. The van der Waals surface area contributed by atoms with E-state index in [1.165, 1.54) is 53.6 Å². The number of benzene rings is 10. The van der Waals surface area contributed by atoms with Gasteiger partial charge in [0.1, 0.15) is 0 Å². The molecule has 10 aromatic carbocycles. The van der Waals surface area contributed by atoms with Crippen molar-refractivity contribution >= 4 is 82.7 Å². The summed E-state index contributed by atoms with van der Waals surface area (Å²) in [5.41, 5.74) is 20.1. The third-order valence-corrected chi connectivity index (χ3v) is 15.1. The summed E-state index contributed by atoms with van der Waals surface area (Å²) < 4.78 is 2.65. The van der Waals surface area contributed by atoms with Crippen LogP contribution in [0.5, 0.6) is 0 Å². The van der Waals surface area contributed by atoms with Crippen LogP contribution in [0.15, 0.2) is 237 Å². The number of fused-ring (bicyclic) bond motifs is 8.